The fourth-order valence-corrected chi connectivity index (χ4v) is 3.24. The van der Waals surface area contributed by atoms with Crippen molar-refractivity contribution >= 4 is 15.2 Å². The Balaban J connectivity index is 4.60. The second-order valence-electron chi connectivity index (χ2n) is 3.73. The molecule has 0 fully saturated rings. The van der Waals surface area contributed by atoms with Crippen molar-refractivity contribution in [3.63, 3.8) is 0 Å². The van der Waals surface area contributed by atoms with Crippen molar-refractivity contribution in [2.24, 2.45) is 0 Å². The van der Waals surface area contributed by atoms with E-state index in [0.29, 0.717) is 0 Å². The molecule has 0 aliphatic rings. The lowest BCUT2D eigenvalue weighted by atomic mass is 10.6. The van der Waals surface area contributed by atoms with Gasteiger partial charge in [-0.25, -0.2) is 0 Å². The topological polar surface area (TPSA) is 168 Å². The number of hydrogen-bond donors (Lipinski definition) is 5. The van der Waals surface area contributed by atoms with Gasteiger partial charge in [0.05, 0.1) is 19.8 Å². The number of hydrogen-bond acceptors (Lipinski definition) is 5. The summed E-state index contributed by atoms with van der Waals surface area (Å²) in [7, 11) is -9.43. The summed E-state index contributed by atoms with van der Waals surface area (Å²) in [4.78, 5) is 34.9. The van der Waals surface area contributed by atoms with Crippen molar-refractivity contribution in [3.05, 3.63) is 5.21 Å². The molecule has 0 radical (unpaired) electrons. The molecule has 0 rings (SSSR count). The van der Waals surface area contributed by atoms with Crippen LogP contribution in [0.1, 0.15) is 0 Å². The Morgan fingerprint density at radius 3 is 1.78 bits per heavy atom. The predicted octanol–water partition coefficient (Wildman–Crippen LogP) is -1.42. The molecule has 0 aromatic carbocycles. The second-order valence-corrected chi connectivity index (χ2v) is 6.95. The smallest absolute Gasteiger partial charge is 0.379 e. The van der Waals surface area contributed by atoms with Crippen LogP contribution in [0.25, 0.3) is 0 Å². The molecule has 18 heavy (non-hydrogen) atoms. The van der Waals surface area contributed by atoms with E-state index in [9.17, 15) is 14.3 Å². The van der Waals surface area contributed by atoms with Crippen molar-refractivity contribution in [1.82, 2.24) is 0 Å². The zero-order chi connectivity index (χ0) is 14.4. The minimum Gasteiger partial charge on any atom is -0.632 e. The minimum absolute atomic E-state index is 0.0776. The van der Waals surface area contributed by atoms with Crippen LogP contribution in [0, 0.1) is 5.21 Å². The summed E-state index contributed by atoms with van der Waals surface area (Å²) in [6, 6.07) is 0. The first-order chi connectivity index (χ1) is 7.97. The third-order valence-corrected chi connectivity index (χ3v) is 3.53. The first-order valence-electron chi connectivity index (χ1n) is 4.82. The summed E-state index contributed by atoms with van der Waals surface area (Å²) in [5, 5.41) is 20.3. The van der Waals surface area contributed by atoms with Crippen LogP contribution in [0.15, 0.2) is 0 Å². The molecular weight excluding hydrogens is 292 g/mol. The van der Waals surface area contributed by atoms with Crippen LogP contribution in [0.5, 0.6) is 0 Å². The monoisotopic (exact) mass is 309 g/mol. The maximum Gasteiger partial charge on any atom is 0.379 e. The predicted molar refractivity (Wildman–Crippen MR) is 60.2 cm³/mol. The zero-order valence-electron chi connectivity index (χ0n) is 9.45. The van der Waals surface area contributed by atoms with Crippen LogP contribution >= 0.6 is 15.2 Å². The van der Waals surface area contributed by atoms with Crippen molar-refractivity contribution in [2.75, 3.05) is 38.9 Å². The number of aliphatic hydroxyl groups is 1. The van der Waals surface area contributed by atoms with Gasteiger partial charge in [0.2, 0.25) is 0 Å². The van der Waals surface area contributed by atoms with Gasteiger partial charge < -0.3 is 39.3 Å². The number of rotatable bonds is 9. The van der Waals surface area contributed by atoms with E-state index in [-0.39, 0.29) is 19.8 Å². The van der Waals surface area contributed by atoms with E-state index >= 15 is 0 Å². The Morgan fingerprint density at radius 1 is 1.00 bits per heavy atom. The fourth-order valence-electron chi connectivity index (χ4n) is 1.26. The third kappa shape index (κ3) is 10.1. The molecule has 0 spiro atoms. The summed E-state index contributed by atoms with van der Waals surface area (Å²) >= 11 is 0. The maximum atomic E-state index is 11.9. The van der Waals surface area contributed by atoms with E-state index in [1.165, 1.54) is 0 Å². The Kier molecular flexibility index (Phi) is 7.12. The van der Waals surface area contributed by atoms with Crippen molar-refractivity contribution < 1.29 is 43.2 Å². The Hall–Kier alpha value is 0.140. The van der Waals surface area contributed by atoms with Crippen LogP contribution in [-0.4, -0.2) is 68.3 Å². The molecule has 0 aliphatic heterocycles. The molecule has 0 aliphatic carbocycles. The standard InChI is InChI=1S/C6H17NO9P2/c8-2-4-16-3-1-7(9,5-17(10,11)12)6-18(13,14)15/h8H,1-6H2,(H2,10,11,12)(H2,13,14,15). The molecule has 0 aromatic rings. The Morgan fingerprint density at radius 2 is 1.44 bits per heavy atom. The molecule has 0 saturated carbocycles. The average Bonchev–Trinajstić information content (AvgIpc) is 2.05. The molecule has 0 aromatic heterocycles. The van der Waals surface area contributed by atoms with Gasteiger partial charge >= 0.3 is 15.2 Å². The maximum absolute atomic E-state index is 11.9. The highest BCUT2D eigenvalue weighted by Crippen LogP contribution is 2.44. The zero-order valence-corrected chi connectivity index (χ0v) is 11.2. The molecule has 0 bridgehead atoms. The van der Waals surface area contributed by atoms with Gasteiger partial charge in [0.15, 0.2) is 12.6 Å². The number of nitrogens with zero attached hydrogens (tertiary/aromatic N) is 1. The van der Waals surface area contributed by atoms with Gasteiger partial charge in [-0.15, -0.1) is 0 Å². The third-order valence-electron chi connectivity index (χ3n) is 1.76. The van der Waals surface area contributed by atoms with E-state index in [0.717, 1.165) is 0 Å². The molecule has 5 N–H and O–H groups in total. The van der Waals surface area contributed by atoms with Crippen molar-refractivity contribution in [2.45, 2.75) is 0 Å². The normalized spacial score (nSPS) is 13.9. The lowest BCUT2D eigenvalue weighted by molar-refractivity contribution is -0.859. The summed E-state index contributed by atoms with van der Waals surface area (Å²) in [6.07, 6.45) is -2.47. The molecule has 0 amide bonds. The molecule has 110 valence electrons. The van der Waals surface area contributed by atoms with Gasteiger partial charge in [0.1, 0.15) is 6.54 Å². The molecular formula is C6H17NO9P2. The number of quaternary nitrogens is 1. The van der Waals surface area contributed by atoms with E-state index in [2.05, 4.69) is 0 Å². The van der Waals surface area contributed by atoms with Gasteiger partial charge in [-0.05, 0) is 0 Å². The average molecular weight is 309 g/mol. The van der Waals surface area contributed by atoms with Gasteiger partial charge in [0.25, 0.3) is 0 Å². The molecule has 0 saturated heterocycles. The molecule has 12 heteroatoms. The van der Waals surface area contributed by atoms with Crippen molar-refractivity contribution in [1.29, 1.82) is 0 Å². The van der Waals surface area contributed by atoms with Crippen molar-refractivity contribution in [3.8, 4) is 0 Å². The highest BCUT2D eigenvalue weighted by Gasteiger charge is 2.34. The molecule has 0 atom stereocenters. The van der Waals surface area contributed by atoms with Crippen LogP contribution in [0.2, 0.25) is 0 Å². The van der Waals surface area contributed by atoms with E-state index in [4.69, 9.17) is 29.4 Å². The van der Waals surface area contributed by atoms with Gasteiger partial charge in [-0.1, -0.05) is 0 Å². The summed E-state index contributed by atoms with van der Waals surface area (Å²) in [6.45, 7) is -1.18. The number of ether oxygens (including phenoxy) is 1. The van der Waals surface area contributed by atoms with E-state index in [1.54, 1.807) is 0 Å². The lowest BCUT2D eigenvalue weighted by Gasteiger charge is -2.41. The van der Waals surface area contributed by atoms with Crippen LogP contribution in [-0.2, 0) is 13.9 Å². The highest BCUT2D eigenvalue weighted by atomic mass is 31.2. The molecule has 0 unspecified atom stereocenters. The molecule has 10 nitrogen and oxygen atoms in total. The molecule has 0 heterocycles. The van der Waals surface area contributed by atoms with Crippen LogP contribution in [0.3, 0.4) is 0 Å². The largest absolute Gasteiger partial charge is 0.632 e. The fraction of sp³-hybridized carbons (Fsp3) is 1.00. The summed E-state index contributed by atoms with van der Waals surface area (Å²) < 4.78 is 24.5. The first kappa shape index (κ1) is 18.1. The quantitative estimate of drug-likeness (QED) is 0.148. The van der Waals surface area contributed by atoms with Gasteiger partial charge in [-0.2, -0.15) is 0 Å². The van der Waals surface area contributed by atoms with E-state index < -0.39 is 39.0 Å². The minimum atomic E-state index is -4.72. The summed E-state index contributed by atoms with van der Waals surface area (Å²) in [5.41, 5.74) is 0. The van der Waals surface area contributed by atoms with E-state index in [1.807, 2.05) is 0 Å². The second kappa shape index (κ2) is 7.06. The Labute approximate surface area is 103 Å². The SMILES string of the molecule is O=P(O)(O)C[N+]([O-])(CCOCCO)CP(=O)(O)O. The Bertz CT molecular complexity index is 312. The van der Waals surface area contributed by atoms with Gasteiger partial charge in [-0.3, -0.25) is 9.13 Å². The lowest BCUT2D eigenvalue weighted by Crippen LogP contribution is -2.45. The number of hydroxylamine groups is 3. The van der Waals surface area contributed by atoms with Crippen LogP contribution < -0.4 is 0 Å². The van der Waals surface area contributed by atoms with Gasteiger partial charge in [0, 0.05) is 0 Å². The number of aliphatic hydroxyl groups excluding tert-OH is 1. The first-order valence-corrected chi connectivity index (χ1v) is 8.42. The summed E-state index contributed by atoms with van der Waals surface area (Å²) in [5.74, 6) is 0. The highest BCUT2D eigenvalue weighted by molar-refractivity contribution is 7.52. The van der Waals surface area contributed by atoms with Crippen LogP contribution in [0.4, 0.5) is 0 Å².